The molecule has 0 aromatic rings. The van der Waals surface area contributed by atoms with E-state index in [1.165, 1.54) is 0 Å². The van der Waals surface area contributed by atoms with Crippen LogP contribution in [0.15, 0.2) is 0 Å². The predicted molar refractivity (Wildman–Crippen MR) is 50.1 cm³/mol. The minimum Gasteiger partial charge on any atom is -0.379 e. The van der Waals surface area contributed by atoms with Crippen LogP contribution in [0.4, 0.5) is 0 Å². The maximum absolute atomic E-state index is 5.92. The molecule has 0 spiro atoms. The molecule has 1 aliphatic heterocycles. The lowest BCUT2D eigenvalue weighted by atomic mass is 9.94. The van der Waals surface area contributed by atoms with E-state index in [0.29, 0.717) is 0 Å². The lowest BCUT2D eigenvalue weighted by molar-refractivity contribution is -0.0167. The Balaban J connectivity index is 2.53. The molecule has 1 heterocycles. The predicted octanol–water partition coefficient (Wildman–Crippen LogP) is 0.444. The van der Waals surface area contributed by atoms with Gasteiger partial charge in [0.1, 0.15) is 0 Å². The van der Waals surface area contributed by atoms with Gasteiger partial charge in [0.15, 0.2) is 0 Å². The molecular weight excluding hydrogens is 152 g/mol. The van der Waals surface area contributed by atoms with E-state index < -0.39 is 0 Å². The van der Waals surface area contributed by atoms with E-state index >= 15 is 0 Å². The molecular formula is C9H20N2O. The average molecular weight is 172 g/mol. The van der Waals surface area contributed by atoms with Crippen molar-refractivity contribution in [2.24, 2.45) is 5.73 Å². The summed E-state index contributed by atoms with van der Waals surface area (Å²) in [7, 11) is 0. The molecule has 0 amide bonds. The molecule has 1 unspecified atom stereocenters. The zero-order valence-electron chi connectivity index (χ0n) is 8.34. The normalized spacial score (nSPS) is 24.0. The van der Waals surface area contributed by atoms with Gasteiger partial charge in [-0.05, 0) is 20.8 Å². The maximum atomic E-state index is 5.92. The second-order valence-electron chi connectivity index (χ2n) is 4.04. The van der Waals surface area contributed by atoms with Gasteiger partial charge >= 0.3 is 0 Å². The van der Waals surface area contributed by atoms with Crippen LogP contribution in [0.1, 0.15) is 20.8 Å². The fourth-order valence-electron chi connectivity index (χ4n) is 1.43. The minimum atomic E-state index is 0.101. The van der Waals surface area contributed by atoms with Gasteiger partial charge in [0.2, 0.25) is 0 Å². The summed E-state index contributed by atoms with van der Waals surface area (Å²) in [5.41, 5.74) is 6.02. The molecule has 72 valence electrons. The summed E-state index contributed by atoms with van der Waals surface area (Å²) in [6.07, 6.45) is 0. The van der Waals surface area contributed by atoms with E-state index in [-0.39, 0.29) is 11.6 Å². The molecule has 0 aliphatic carbocycles. The molecule has 1 atom stereocenters. The van der Waals surface area contributed by atoms with Crippen molar-refractivity contribution in [1.82, 2.24) is 4.90 Å². The molecule has 0 bridgehead atoms. The number of hydrogen-bond acceptors (Lipinski definition) is 3. The number of ether oxygens (including phenoxy) is 1. The van der Waals surface area contributed by atoms with Crippen molar-refractivity contribution in [1.29, 1.82) is 0 Å². The van der Waals surface area contributed by atoms with Gasteiger partial charge in [0, 0.05) is 24.7 Å². The van der Waals surface area contributed by atoms with Crippen molar-refractivity contribution in [2.45, 2.75) is 32.4 Å². The molecule has 1 aliphatic rings. The van der Waals surface area contributed by atoms with Crippen molar-refractivity contribution in [3.05, 3.63) is 0 Å². The molecule has 3 heteroatoms. The minimum absolute atomic E-state index is 0.101. The number of rotatable bonds is 2. The third-order valence-electron chi connectivity index (χ3n) is 2.94. The standard InChI is InChI=1S/C9H20N2O/c1-8(10)9(2,3)11-4-6-12-7-5-11/h8H,4-7,10H2,1-3H3. The first-order valence-corrected chi connectivity index (χ1v) is 4.63. The third-order valence-corrected chi connectivity index (χ3v) is 2.94. The summed E-state index contributed by atoms with van der Waals surface area (Å²) in [4.78, 5) is 2.40. The Morgan fingerprint density at radius 3 is 2.25 bits per heavy atom. The number of morpholine rings is 1. The highest BCUT2D eigenvalue weighted by molar-refractivity contribution is 4.89. The first-order valence-electron chi connectivity index (χ1n) is 4.63. The van der Waals surface area contributed by atoms with Crippen LogP contribution in [0.2, 0.25) is 0 Å². The van der Waals surface area contributed by atoms with Crippen LogP contribution in [-0.4, -0.2) is 42.8 Å². The Labute approximate surface area is 74.9 Å². The van der Waals surface area contributed by atoms with Crippen LogP contribution in [0.5, 0.6) is 0 Å². The van der Waals surface area contributed by atoms with Crippen molar-refractivity contribution in [2.75, 3.05) is 26.3 Å². The van der Waals surface area contributed by atoms with Gasteiger partial charge in [-0.2, -0.15) is 0 Å². The largest absolute Gasteiger partial charge is 0.379 e. The molecule has 0 aromatic heterocycles. The molecule has 0 aromatic carbocycles. The molecule has 1 fully saturated rings. The average Bonchev–Trinajstić information content (AvgIpc) is 2.06. The Bertz CT molecular complexity index is 139. The maximum Gasteiger partial charge on any atom is 0.0594 e. The molecule has 0 saturated carbocycles. The van der Waals surface area contributed by atoms with Crippen molar-refractivity contribution in [3.8, 4) is 0 Å². The highest BCUT2D eigenvalue weighted by atomic mass is 16.5. The van der Waals surface area contributed by atoms with Crippen LogP contribution in [-0.2, 0) is 4.74 Å². The Morgan fingerprint density at radius 1 is 1.33 bits per heavy atom. The molecule has 1 saturated heterocycles. The Kier molecular flexibility index (Phi) is 3.09. The monoisotopic (exact) mass is 172 g/mol. The number of nitrogens with zero attached hydrogens (tertiary/aromatic N) is 1. The molecule has 2 N–H and O–H groups in total. The highest BCUT2D eigenvalue weighted by Gasteiger charge is 2.31. The number of hydrogen-bond donors (Lipinski definition) is 1. The van der Waals surface area contributed by atoms with E-state index in [1.54, 1.807) is 0 Å². The van der Waals surface area contributed by atoms with Gasteiger partial charge in [-0.15, -0.1) is 0 Å². The number of nitrogens with two attached hydrogens (primary N) is 1. The van der Waals surface area contributed by atoms with Gasteiger partial charge in [0.05, 0.1) is 13.2 Å². The first kappa shape index (κ1) is 9.96. The zero-order valence-corrected chi connectivity index (χ0v) is 8.34. The molecule has 12 heavy (non-hydrogen) atoms. The SMILES string of the molecule is CC(N)C(C)(C)N1CCOCC1. The van der Waals surface area contributed by atoms with Crippen LogP contribution in [0.3, 0.4) is 0 Å². The second-order valence-corrected chi connectivity index (χ2v) is 4.04. The fourth-order valence-corrected chi connectivity index (χ4v) is 1.43. The summed E-state index contributed by atoms with van der Waals surface area (Å²) in [6, 6.07) is 0.204. The highest BCUT2D eigenvalue weighted by Crippen LogP contribution is 2.18. The Hall–Kier alpha value is -0.120. The summed E-state index contributed by atoms with van der Waals surface area (Å²) >= 11 is 0. The van der Waals surface area contributed by atoms with Gasteiger partial charge < -0.3 is 10.5 Å². The van der Waals surface area contributed by atoms with Crippen molar-refractivity contribution >= 4 is 0 Å². The lowest BCUT2D eigenvalue weighted by Crippen LogP contribution is -2.58. The second kappa shape index (κ2) is 3.73. The van der Waals surface area contributed by atoms with Crippen LogP contribution >= 0.6 is 0 Å². The van der Waals surface area contributed by atoms with E-state index in [2.05, 4.69) is 25.7 Å². The first-order chi connectivity index (χ1) is 5.55. The molecule has 0 radical (unpaired) electrons. The van der Waals surface area contributed by atoms with E-state index in [0.717, 1.165) is 26.3 Å². The van der Waals surface area contributed by atoms with E-state index in [4.69, 9.17) is 10.5 Å². The fraction of sp³-hybridized carbons (Fsp3) is 1.00. The van der Waals surface area contributed by atoms with Gasteiger partial charge in [-0.1, -0.05) is 0 Å². The topological polar surface area (TPSA) is 38.5 Å². The van der Waals surface area contributed by atoms with Crippen molar-refractivity contribution < 1.29 is 4.74 Å². The van der Waals surface area contributed by atoms with E-state index in [1.807, 2.05) is 0 Å². The van der Waals surface area contributed by atoms with Crippen LogP contribution < -0.4 is 5.73 Å². The Morgan fingerprint density at radius 2 is 1.83 bits per heavy atom. The van der Waals surface area contributed by atoms with Crippen LogP contribution in [0, 0.1) is 0 Å². The van der Waals surface area contributed by atoms with Crippen LogP contribution in [0.25, 0.3) is 0 Å². The van der Waals surface area contributed by atoms with E-state index in [9.17, 15) is 0 Å². The smallest absolute Gasteiger partial charge is 0.0594 e. The molecule has 3 nitrogen and oxygen atoms in total. The summed E-state index contributed by atoms with van der Waals surface area (Å²) in [5, 5.41) is 0. The van der Waals surface area contributed by atoms with Crippen molar-refractivity contribution in [3.63, 3.8) is 0 Å². The molecule has 1 rings (SSSR count). The van der Waals surface area contributed by atoms with Gasteiger partial charge in [-0.3, -0.25) is 4.90 Å². The lowest BCUT2D eigenvalue weighted by Gasteiger charge is -2.43. The summed E-state index contributed by atoms with van der Waals surface area (Å²) in [5.74, 6) is 0. The third kappa shape index (κ3) is 1.97. The summed E-state index contributed by atoms with van der Waals surface area (Å²) < 4.78 is 5.29. The van der Waals surface area contributed by atoms with Gasteiger partial charge in [0.25, 0.3) is 0 Å². The zero-order chi connectivity index (χ0) is 9.19. The summed E-state index contributed by atoms with van der Waals surface area (Å²) in [6.45, 7) is 10.2. The van der Waals surface area contributed by atoms with Gasteiger partial charge in [-0.25, -0.2) is 0 Å². The quantitative estimate of drug-likeness (QED) is 0.657.